The minimum Gasteiger partial charge on any atom is -0.366 e. The fourth-order valence-corrected chi connectivity index (χ4v) is 2.96. The van der Waals surface area contributed by atoms with Gasteiger partial charge in [-0.1, -0.05) is 48.3 Å². The lowest BCUT2D eigenvalue weighted by Crippen LogP contribution is -2.15. The van der Waals surface area contributed by atoms with Gasteiger partial charge >= 0.3 is 0 Å². The summed E-state index contributed by atoms with van der Waals surface area (Å²) in [5.41, 5.74) is 1.37. The Morgan fingerprint density at radius 1 is 1.35 bits per heavy atom. The van der Waals surface area contributed by atoms with Gasteiger partial charge in [-0.05, 0) is 11.6 Å². The Morgan fingerprint density at radius 2 is 2.04 bits per heavy atom. The molecule has 23 heavy (non-hydrogen) atoms. The van der Waals surface area contributed by atoms with Crippen LogP contribution in [0.5, 0.6) is 0 Å². The number of halogens is 2. The van der Waals surface area contributed by atoms with E-state index in [2.05, 4.69) is 27.9 Å². The first-order chi connectivity index (χ1) is 10.9. The maximum atomic E-state index is 10.8. The Hall–Kier alpha value is -1.57. The van der Waals surface area contributed by atoms with Crippen LogP contribution < -0.4 is 5.32 Å². The molecule has 0 aliphatic rings. The maximum Gasteiger partial charge on any atom is 0.210 e. The summed E-state index contributed by atoms with van der Waals surface area (Å²) < 4.78 is 0. The van der Waals surface area contributed by atoms with E-state index in [-0.39, 0.29) is 16.9 Å². The van der Waals surface area contributed by atoms with Crippen LogP contribution in [0.4, 0.5) is 5.82 Å². The number of nitrogens with one attached hydrogen (secondary N) is 1. The van der Waals surface area contributed by atoms with Gasteiger partial charge in [-0.25, -0.2) is 9.97 Å². The van der Waals surface area contributed by atoms with E-state index < -0.39 is 10.8 Å². The van der Waals surface area contributed by atoms with Crippen LogP contribution >= 0.6 is 35.8 Å². The standard InChI is InChI=1S/C14H14Cl2N4O2S/c1-8(7-20(21)22)11-12(16)18-14(23)19-13(11)17-6-9-4-2-3-5-10(9)15/h2-5,8H,6-7H2,1H3,(H2,17,18,19,23). The van der Waals surface area contributed by atoms with E-state index >= 15 is 0 Å². The Balaban J connectivity index is 2.29. The summed E-state index contributed by atoms with van der Waals surface area (Å²) in [4.78, 5) is 18.5. The normalized spacial score (nSPS) is 12.0. The van der Waals surface area contributed by atoms with Gasteiger partial charge in [-0.3, -0.25) is 10.1 Å². The van der Waals surface area contributed by atoms with Gasteiger partial charge in [-0.15, -0.1) is 12.6 Å². The average molecular weight is 373 g/mol. The van der Waals surface area contributed by atoms with Crippen molar-refractivity contribution in [3.63, 3.8) is 0 Å². The summed E-state index contributed by atoms with van der Waals surface area (Å²) in [6.07, 6.45) is 0. The molecule has 0 bridgehead atoms. The molecule has 0 fully saturated rings. The second-order valence-corrected chi connectivity index (χ2v) is 6.10. The van der Waals surface area contributed by atoms with Crippen molar-refractivity contribution in [2.45, 2.75) is 24.5 Å². The van der Waals surface area contributed by atoms with Crippen LogP contribution in [0.1, 0.15) is 24.0 Å². The molecule has 122 valence electrons. The van der Waals surface area contributed by atoms with Gasteiger partial charge in [0.1, 0.15) is 11.0 Å². The molecule has 0 aliphatic heterocycles. The van der Waals surface area contributed by atoms with Crippen LogP contribution in [0, 0.1) is 10.1 Å². The quantitative estimate of drug-likeness (QED) is 0.262. The molecule has 0 aliphatic carbocycles. The first kappa shape index (κ1) is 17.8. The van der Waals surface area contributed by atoms with Gasteiger partial charge in [0.2, 0.25) is 6.54 Å². The number of anilines is 1. The molecule has 1 heterocycles. The number of nitrogens with zero attached hydrogens (tertiary/aromatic N) is 3. The fourth-order valence-electron chi connectivity index (χ4n) is 2.14. The van der Waals surface area contributed by atoms with Crippen LogP contribution in [0.2, 0.25) is 10.2 Å². The first-order valence-corrected chi connectivity index (χ1v) is 7.94. The van der Waals surface area contributed by atoms with Crippen LogP contribution in [0.15, 0.2) is 29.4 Å². The third kappa shape index (κ3) is 4.70. The summed E-state index contributed by atoms with van der Waals surface area (Å²) in [7, 11) is 0. The van der Waals surface area contributed by atoms with Crippen molar-refractivity contribution in [1.29, 1.82) is 0 Å². The topological polar surface area (TPSA) is 81.0 Å². The molecule has 0 saturated heterocycles. The van der Waals surface area contributed by atoms with Crippen molar-refractivity contribution >= 4 is 41.6 Å². The molecular weight excluding hydrogens is 359 g/mol. The number of benzene rings is 1. The van der Waals surface area contributed by atoms with Crippen LogP contribution in [0.3, 0.4) is 0 Å². The van der Waals surface area contributed by atoms with Crippen molar-refractivity contribution < 1.29 is 4.92 Å². The molecule has 2 aromatic rings. The highest BCUT2D eigenvalue weighted by atomic mass is 35.5. The van der Waals surface area contributed by atoms with E-state index in [1.807, 2.05) is 18.2 Å². The summed E-state index contributed by atoms with van der Waals surface area (Å²) in [5.74, 6) is -0.0237. The first-order valence-electron chi connectivity index (χ1n) is 6.74. The van der Waals surface area contributed by atoms with Crippen molar-refractivity contribution in [2.24, 2.45) is 0 Å². The summed E-state index contributed by atoms with van der Waals surface area (Å²) in [5, 5.41) is 14.8. The van der Waals surface area contributed by atoms with Crippen LogP contribution in [0.25, 0.3) is 0 Å². The molecule has 2 rings (SSSR count). The Kier molecular flexibility index (Phi) is 6.04. The second kappa shape index (κ2) is 7.81. The van der Waals surface area contributed by atoms with Crippen LogP contribution in [-0.4, -0.2) is 21.4 Å². The van der Waals surface area contributed by atoms with E-state index in [4.69, 9.17) is 23.2 Å². The highest BCUT2D eigenvalue weighted by Crippen LogP contribution is 2.30. The third-order valence-corrected chi connectivity index (χ3v) is 4.06. The molecule has 1 unspecified atom stereocenters. The van der Waals surface area contributed by atoms with Gasteiger partial charge < -0.3 is 5.32 Å². The second-order valence-electron chi connectivity index (χ2n) is 4.94. The minimum absolute atomic E-state index is 0.154. The van der Waals surface area contributed by atoms with Gasteiger partial charge in [0.25, 0.3) is 0 Å². The van der Waals surface area contributed by atoms with Gasteiger partial charge in [0, 0.05) is 22.1 Å². The molecular formula is C14H14Cl2N4O2S. The van der Waals surface area contributed by atoms with Gasteiger partial charge in [0.15, 0.2) is 5.16 Å². The zero-order valence-electron chi connectivity index (χ0n) is 12.2. The zero-order valence-corrected chi connectivity index (χ0v) is 14.6. The van der Waals surface area contributed by atoms with Gasteiger partial charge in [-0.2, -0.15) is 0 Å². The van der Waals surface area contributed by atoms with Crippen molar-refractivity contribution in [2.75, 3.05) is 11.9 Å². The van der Waals surface area contributed by atoms with Crippen LogP contribution in [-0.2, 0) is 6.54 Å². The lowest BCUT2D eigenvalue weighted by Gasteiger charge is -2.16. The smallest absolute Gasteiger partial charge is 0.210 e. The zero-order chi connectivity index (χ0) is 17.0. The highest BCUT2D eigenvalue weighted by Gasteiger charge is 2.22. The third-order valence-electron chi connectivity index (χ3n) is 3.21. The van der Waals surface area contributed by atoms with Crippen molar-refractivity contribution in [3.05, 3.63) is 55.7 Å². The Bertz CT molecular complexity index is 730. The van der Waals surface area contributed by atoms with E-state index in [0.29, 0.717) is 22.9 Å². The predicted octanol–water partition coefficient (Wildman–Crippen LogP) is 4.06. The summed E-state index contributed by atoms with van der Waals surface area (Å²) >= 11 is 16.4. The van der Waals surface area contributed by atoms with E-state index in [0.717, 1.165) is 5.56 Å². The summed E-state index contributed by atoms with van der Waals surface area (Å²) in [6.45, 7) is 1.83. The van der Waals surface area contributed by atoms with E-state index in [1.165, 1.54) is 0 Å². The lowest BCUT2D eigenvalue weighted by molar-refractivity contribution is -0.482. The van der Waals surface area contributed by atoms with Crippen molar-refractivity contribution in [1.82, 2.24) is 9.97 Å². The number of aromatic nitrogens is 2. The number of nitro groups is 1. The number of thiol groups is 1. The van der Waals surface area contributed by atoms with Gasteiger partial charge in [0.05, 0.1) is 5.92 Å². The number of hydrogen-bond donors (Lipinski definition) is 2. The number of rotatable bonds is 6. The summed E-state index contributed by atoms with van der Waals surface area (Å²) in [6, 6.07) is 7.37. The highest BCUT2D eigenvalue weighted by molar-refractivity contribution is 7.80. The molecule has 9 heteroatoms. The monoisotopic (exact) mass is 372 g/mol. The number of hydrogen-bond acceptors (Lipinski definition) is 6. The Labute approximate surface area is 148 Å². The Morgan fingerprint density at radius 3 is 2.70 bits per heavy atom. The van der Waals surface area contributed by atoms with Crippen molar-refractivity contribution in [3.8, 4) is 0 Å². The molecule has 1 N–H and O–H groups in total. The SMILES string of the molecule is CC(C[N+](=O)[O-])c1c(Cl)nc(S)nc1NCc1ccccc1Cl. The molecule has 0 saturated carbocycles. The molecule has 6 nitrogen and oxygen atoms in total. The molecule has 1 atom stereocenters. The van der Waals surface area contributed by atoms with E-state index in [9.17, 15) is 10.1 Å². The molecule has 1 aromatic carbocycles. The molecule has 0 radical (unpaired) electrons. The average Bonchev–Trinajstić information content (AvgIpc) is 2.44. The molecule has 1 aromatic heterocycles. The maximum absolute atomic E-state index is 10.8. The molecule has 0 spiro atoms. The lowest BCUT2D eigenvalue weighted by atomic mass is 10.0. The van der Waals surface area contributed by atoms with E-state index in [1.54, 1.807) is 13.0 Å². The minimum atomic E-state index is -0.444. The largest absolute Gasteiger partial charge is 0.366 e. The molecule has 0 amide bonds. The predicted molar refractivity (Wildman–Crippen MR) is 93.3 cm³/mol. The fraction of sp³-hybridized carbons (Fsp3) is 0.286.